The standard InChI is InChI=1S/C10H8FNO2/c1-6(13)12-5-4-7-8(12)2-3-9(14)10(7)11/h2-5,14H,1H3. The highest BCUT2D eigenvalue weighted by molar-refractivity contribution is 5.92. The number of hydrogen-bond acceptors (Lipinski definition) is 2. The van der Waals surface area contributed by atoms with E-state index in [4.69, 9.17) is 5.11 Å². The van der Waals surface area contributed by atoms with Crippen molar-refractivity contribution in [1.29, 1.82) is 0 Å². The van der Waals surface area contributed by atoms with E-state index in [0.717, 1.165) is 0 Å². The molecule has 0 radical (unpaired) electrons. The number of rotatable bonds is 0. The molecule has 0 aliphatic heterocycles. The molecule has 0 saturated heterocycles. The molecule has 1 heterocycles. The van der Waals surface area contributed by atoms with Crippen LogP contribution in [0.2, 0.25) is 0 Å². The summed E-state index contributed by atoms with van der Waals surface area (Å²) >= 11 is 0. The first-order valence-electron chi connectivity index (χ1n) is 4.10. The van der Waals surface area contributed by atoms with Gasteiger partial charge in [-0.1, -0.05) is 0 Å². The number of halogens is 1. The van der Waals surface area contributed by atoms with Crippen LogP contribution in [0.3, 0.4) is 0 Å². The molecule has 0 aliphatic rings. The van der Waals surface area contributed by atoms with Gasteiger partial charge in [-0.15, -0.1) is 0 Å². The Kier molecular flexibility index (Phi) is 1.77. The van der Waals surface area contributed by atoms with E-state index in [1.54, 1.807) is 0 Å². The molecular weight excluding hydrogens is 185 g/mol. The van der Waals surface area contributed by atoms with E-state index < -0.39 is 11.6 Å². The van der Waals surface area contributed by atoms with Crippen molar-refractivity contribution in [3.8, 4) is 5.75 Å². The maximum atomic E-state index is 13.3. The Labute approximate surface area is 79.4 Å². The van der Waals surface area contributed by atoms with Gasteiger partial charge in [0.25, 0.3) is 0 Å². The summed E-state index contributed by atoms with van der Waals surface area (Å²) in [5.41, 5.74) is 0.466. The average Bonchev–Trinajstić information content (AvgIpc) is 2.55. The molecule has 4 heteroatoms. The van der Waals surface area contributed by atoms with Crippen molar-refractivity contribution in [3.63, 3.8) is 0 Å². The Morgan fingerprint density at radius 2 is 2.14 bits per heavy atom. The molecule has 2 aromatic rings. The lowest BCUT2D eigenvalue weighted by atomic mass is 10.2. The lowest BCUT2D eigenvalue weighted by Gasteiger charge is -2.00. The molecule has 72 valence electrons. The number of aromatic nitrogens is 1. The van der Waals surface area contributed by atoms with Crippen LogP contribution in [0.4, 0.5) is 4.39 Å². The third-order valence-corrected chi connectivity index (χ3v) is 2.13. The number of fused-ring (bicyclic) bond motifs is 1. The third-order valence-electron chi connectivity index (χ3n) is 2.13. The van der Waals surface area contributed by atoms with Crippen LogP contribution in [-0.4, -0.2) is 15.6 Å². The molecule has 0 amide bonds. The molecule has 0 atom stereocenters. The minimum Gasteiger partial charge on any atom is -0.505 e. The van der Waals surface area contributed by atoms with Crippen LogP contribution in [0, 0.1) is 5.82 Å². The van der Waals surface area contributed by atoms with Gasteiger partial charge in [0.2, 0.25) is 5.91 Å². The normalized spacial score (nSPS) is 10.7. The molecule has 0 aliphatic carbocycles. The molecule has 0 unspecified atom stereocenters. The van der Waals surface area contributed by atoms with Crippen molar-refractivity contribution in [2.24, 2.45) is 0 Å². The van der Waals surface area contributed by atoms with E-state index in [9.17, 15) is 9.18 Å². The van der Waals surface area contributed by atoms with Gasteiger partial charge in [-0.2, -0.15) is 0 Å². The predicted molar refractivity (Wildman–Crippen MR) is 49.9 cm³/mol. The zero-order chi connectivity index (χ0) is 10.3. The number of hydrogen-bond donors (Lipinski definition) is 1. The maximum absolute atomic E-state index is 13.3. The second-order valence-electron chi connectivity index (χ2n) is 3.04. The van der Waals surface area contributed by atoms with Gasteiger partial charge in [-0.05, 0) is 18.2 Å². The van der Waals surface area contributed by atoms with Crippen LogP contribution in [0.5, 0.6) is 5.75 Å². The smallest absolute Gasteiger partial charge is 0.227 e. The Morgan fingerprint density at radius 3 is 2.79 bits per heavy atom. The van der Waals surface area contributed by atoms with Crippen LogP contribution in [0.25, 0.3) is 10.9 Å². The van der Waals surface area contributed by atoms with Crippen LogP contribution < -0.4 is 0 Å². The van der Waals surface area contributed by atoms with Crippen LogP contribution in [0.15, 0.2) is 24.4 Å². The Morgan fingerprint density at radius 1 is 1.43 bits per heavy atom. The predicted octanol–water partition coefficient (Wildman–Crippen LogP) is 2.15. The van der Waals surface area contributed by atoms with Crippen molar-refractivity contribution in [3.05, 3.63) is 30.2 Å². The fraction of sp³-hybridized carbons (Fsp3) is 0.100. The zero-order valence-corrected chi connectivity index (χ0v) is 7.49. The quantitative estimate of drug-likeness (QED) is 0.696. The van der Waals surface area contributed by atoms with Gasteiger partial charge in [-0.3, -0.25) is 9.36 Å². The van der Waals surface area contributed by atoms with Crippen molar-refractivity contribution in [2.45, 2.75) is 6.92 Å². The van der Waals surface area contributed by atoms with Gasteiger partial charge in [0.05, 0.1) is 5.52 Å². The number of carbonyl (C=O) groups is 1. The summed E-state index contributed by atoms with van der Waals surface area (Å²) in [6.07, 6.45) is 1.48. The molecule has 2 rings (SSSR count). The summed E-state index contributed by atoms with van der Waals surface area (Å²) in [4.78, 5) is 11.1. The highest BCUT2D eigenvalue weighted by atomic mass is 19.1. The number of carbonyl (C=O) groups excluding carboxylic acids is 1. The lowest BCUT2D eigenvalue weighted by molar-refractivity contribution is 0.0941. The molecule has 1 aromatic carbocycles. The lowest BCUT2D eigenvalue weighted by Crippen LogP contribution is -2.02. The average molecular weight is 193 g/mol. The summed E-state index contributed by atoms with van der Waals surface area (Å²) in [5, 5.41) is 9.35. The molecule has 0 spiro atoms. The van der Waals surface area contributed by atoms with Gasteiger partial charge < -0.3 is 5.11 Å². The SMILES string of the molecule is CC(=O)n1ccc2c(F)c(O)ccc21. The van der Waals surface area contributed by atoms with E-state index in [0.29, 0.717) is 5.52 Å². The minimum atomic E-state index is -0.692. The third kappa shape index (κ3) is 1.08. The molecule has 0 bridgehead atoms. The zero-order valence-electron chi connectivity index (χ0n) is 7.49. The van der Waals surface area contributed by atoms with Gasteiger partial charge in [-0.25, -0.2) is 4.39 Å². The second kappa shape index (κ2) is 2.83. The summed E-state index contributed by atoms with van der Waals surface area (Å²) in [5.74, 6) is -1.29. The van der Waals surface area contributed by atoms with Crippen molar-refractivity contribution in [2.75, 3.05) is 0 Å². The van der Waals surface area contributed by atoms with E-state index >= 15 is 0 Å². The molecule has 0 saturated carbocycles. The molecular formula is C10H8FNO2. The fourth-order valence-electron chi connectivity index (χ4n) is 1.44. The van der Waals surface area contributed by atoms with Crippen molar-refractivity contribution >= 4 is 16.8 Å². The number of phenolic OH excluding ortho intramolecular Hbond substituents is 1. The summed E-state index contributed by atoms with van der Waals surface area (Å²) in [6.45, 7) is 1.39. The summed E-state index contributed by atoms with van der Waals surface area (Å²) < 4.78 is 14.6. The first-order chi connectivity index (χ1) is 6.61. The highest BCUT2D eigenvalue weighted by Gasteiger charge is 2.10. The number of phenols is 1. The Bertz CT molecular complexity index is 516. The number of aromatic hydroxyl groups is 1. The van der Waals surface area contributed by atoms with Crippen LogP contribution in [0.1, 0.15) is 11.7 Å². The number of benzene rings is 1. The fourth-order valence-corrected chi connectivity index (χ4v) is 1.44. The van der Waals surface area contributed by atoms with E-state index in [1.165, 1.54) is 35.9 Å². The second-order valence-corrected chi connectivity index (χ2v) is 3.04. The van der Waals surface area contributed by atoms with Crippen molar-refractivity contribution in [1.82, 2.24) is 4.57 Å². The van der Waals surface area contributed by atoms with Gasteiger partial charge in [0, 0.05) is 18.5 Å². The van der Waals surface area contributed by atoms with E-state index in [2.05, 4.69) is 0 Å². The number of nitrogens with zero attached hydrogens (tertiary/aromatic N) is 1. The van der Waals surface area contributed by atoms with Gasteiger partial charge in [0.15, 0.2) is 11.6 Å². The minimum absolute atomic E-state index is 0.190. The monoisotopic (exact) mass is 193 g/mol. The topological polar surface area (TPSA) is 42.2 Å². The van der Waals surface area contributed by atoms with Crippen LogP contribution in [-0.2, 0) is 0 Å². The molecule has 1 aromatic heterocycles. The largest absolute Gasteiger partial charge is 0.505 e. The van der Waals surface area contributed by atoms with Gasteiger partial charge >= 0.3 is 0 Å². The summed E-state index contributed by atoms with van der Waals surface area (Å²) in [7, 11) is 0. The highest BCUT2D eigenvalue weighted by Crippen LogP contribution is 2.25. The van der Waals surface area contributed by atoms with Crippen LogP contribution >= 0.6 is 0 Å². The molecule has 1 N–H and O–H groups in total. The van der Waals surface area contributed by atoms with Gasteiger partial charge in [0.1, 0.15) is 0 Å². The van der Waals surface area contributed by atoms with Crippen molar-refractivity contribution < 1.29 is 14.3 Å². The molecule has 3 nitrogen and oxygen atoms in total. The first-order valence-corrected chi connectivity index (χ1v) is 4.10. The maximum Gasteiger partial charge on any atom is 0.227 e. The molecule has 14 heavy (non-hydrogen) atoms. The summed E-state index contributed by atoms with van der Waals surface area (Å²) in [6, 6.07) is 4.21. The first kappa shape index (κ1) is 8.74. The Hall–Kier alpha value is -1.84. The van der Waals surface area contributed by atoms with E-state index in [1.807, 2.05) is 0 Å². The Balaban J connectivity index is 2.83. The van der Waals surface area contributed by atoms with E-state index in [-0.39, 0.29) is 11.3 Å². The molecule has 0 fully saturated rings.